The Morgan fingerprint density at radius 3 is 2.08 bits per heavy atom. The standard InChI is InChI=1S/C23H21NO8S2.2Na/c1-13-23(2,12-14-4-6-15(7-5-14)22(25)32-3)21-18-10-16(33(26,27)28)11-20(34(29,30)31)17(18)8-9-19(21)24-13;;/h4-11H,12H2,1-3H3,(H,26,27,28)(H,29,30,31);;/q;2*+1/p-2. The van der Waals surface area contributed by atoms with Crippen molar-refractivity contribution in [1.29, 1.82) is 0 Å². The van der Waals surface area contributed by atoms with Gasteiger partial charge in [0.1, 0.15) is 20.2 Å². The number of rotatable bonds is 5. The van der Waals surface area contributed by atoms with Crippen molar-refractivity contribution in [2.24, 2.45) is 4.99 Å². The SMILES string of the molecule is COC(=O)c1ccc(CC2(C)C(C)=Nc3ccc4c(S(=O)(=O)[O-])cc(S(=O)(=O)[O-])cc4c32)cc1.[Na+].[Na+]. The van der Waals surface area contributed by atoms with Gasteiger partial charge in [-0.1, -0.05) is 18.2 Å². The van der Waals surface area contributed by atoms with E-state index in [4.69, 9.17) is 4.74 Å². The zero-order valence-corrected chi connectivity index (χ0v) is 26.0. The van der Waals surface area contributed by atoms with Crippen LogP contribution < -0.4 is 59.1 Å². The van der Waals surface area contributed by atoms with Gasteiger partial charge in [0.25, 0.3) is 0 Å². The Balaban J connectivity index is 0.00000228. The minimum absolute atomic E-state index is 0. The molecule has 0 amide bonds. The van der Waals surface area contributed by atoms with Crippen molar-refractivity contribution in [3.05, 3.63) is 65.2 Å². The number of benzene rings is 3. The van der Waals surface area contributed by atoms with Crippen LogP contribution in [0.1, 0.15) is 35.3 Å². The summed E-state index contributed by atoms with van der Waals surface area (Å²) < 4.78 is 75.8. The monoisotopic (exact) mass is 547 g/mol. The van der Waals surface area contributed by atoms with Gasteiger partial charge in [-0.2, -0.15) is 0 Å². The summed E-state index contributed by atoms with van der Waals surface area (Å²) in [6, 6.07) is 11.4. The molecule has 9 nitrogen and oxygen atoms in total. The first kappa shape index (κ1) is 31.1. The number of methoxy groups -OCH3 is 1. The predicted molar refractivity (Wildman–Crippen MR) is 121 cm³/mol. The molecule has 0 radical (unpaired) electrons. The van der Waals surface area contributed by atoms with Gasteiger partial charge >= 0.3 is 65.1 Å². The van der Waals surface area contributed by atoms with E-state index < -0.39 is 41.4 Å². The largest absolute Gasteiger partial charge is 1.00 e. The molecule has 0 fully saturated rings. The Labute approximate surface area is 253 Å². The number of hydrogen-bond acceptors (Lipinski definition) is 9. The molecule has 3 aromatic carbocycles. The van der Waals surface area contributed by atoms with Gasteiger partial charge in [0.2, 0.25) is 0 Å². The van der Waals surface area contributed by atoms with Crippen LogP contribution in [0.4, 0.5) is 5.69 Å². The van der Waals surface area contributed by atoms with Crippen LogP contribution in [0.2, 0.25) is 0 Å². The van der Waals surface area contributed by atoms with Crippen molar-refractivity contribution in [2.75, 3.05) is 7.11 Å². The summed E-state index contributed by atoms with van der Waals surface area (Å²) in [6.45, 7) is 3.64. The summed E-state index contributed by atoms with van der Waals surface area (Å²) in [7, 11) is -8.86. The average Bonchev–Trinajstić information content (AvgIpc) is 3.01. The molecule has 1 aliphatic heterocycles. The third-order valence-corrected chi connectivity index (χ3v) is 7.87. The zero-order valence-electron chi connectivity index (χ0n) is 20.4. The number of carbonyl (C=O) groups is 1. The molecule has 36 heavy (non-hydrogen) atoms. The van der Waals surface area contributed by atoms with Gasteiger partial charge in [-0.25, -0.2) is 21.6 Å². The molecule has 0 aromatic heterocycles. The third kappa shape index (κ3) is 5.65. The van der Waals surface area contributed by atoms with Gasteiger partial charge in [0.05, 0.1) is 28.2 Å². The second kappa shape index (κ2) is 10.9. The maximum Gasteiger partial charge on any atom is 1.00 e. The number of hydrogen-bond donors (Lipinski definition) is 0. The molecule has 0 aliphatic carbocycles. The van der Waals surface area contributed by atoms with Crippen LogP contribution in [-0.4, -0.2) is 44.7 Å². The molecule has 4 rings (SSSR count). The van der Waals surface area contributed by atoms with Crippen molar-refractivity contribution < 1.29 is 94.6 Å². The van der Waals surface area contributed by atoms with Crippen molar-refractivity contribution in [3.8, 4) is 0 Å². The van der Waals surface area contributed by atoms with E-state index >= 15 is 0 Å². The second-order valence-electron chi connectivity index (χ2n) is 8.28. The Bertz CT molecular complexity index is 1600. The Kier molecular flexibility index (Phi) is 9.45. The summed E-state index contributed by atoms with van der Waals surface area (Å²) >= 11 is 0. The fourth-order valence-electron chi connectivity index (χ4n) is 4.37. The van der Waals surface area contributed by atoms with Crippen LogP contribution in [0.3, 0.4) is 0 Å². The van der Waals surface area contributed by atoms with Crippen molar-refractivity contribution >= 4 is 48.4 Å². The second-order valence-corrected chi connectivity index (χ2v) is 11.0. The topological polar surface area (TPSA) is 153 Å². The quantitative estimate of drug-likeness (QED) is 0.187. The molecule has 0 N–H and O–H groups in total. The summed E-state index contributed by atoms with van der Waals surface area (Å²) in [5.41, 5.74) is 2.03. The molecular weight excluding hydrogens is 528 g/mol. The van der Waals surface area contributed by atoms with Gasteiger partial charge in [0.15, 0.2) is 0 Å². The number of ether oxygens (including phenoxy) is 1. The molecule has 13 heteroatoms. The normalized spacial score (nSPS) is 17.0. The number of aliphatic imine (C=N–C) groups is 1. The van der Waals surface area contributed by atoms with Gasteiger partial charge in [0, 0.05) is 11.1 Å². The fraction of sp³-hybridized carbons (Fsp3) is 0.217. The summed E-state index contributed by atoms with van der Waals surface area (Å²) in [6.07, 6.45) is 0.365. The van der Waals surface area contributed by atoms with E-state index in [9.17, 15) is 30.7 Å². The third-order valence-electron chi connectivity index (χ3n) is 6.18. The minimum atomic E-state index is -5.09. The Morgan fingerprint density at radius 2 is 1.56 bits per heavy atom. The Morgan fingerprint density at radius 1 is 0.944 bits per heavy atom. The first-order chi connectivity index (χ1) is 15.8. The maximum absolute atomic E-state index is 11.9. The van der Waals surface area contributed by atoms with Crippen molar-refractivity contribution in [1.82, 2.24) is 0 Å². The Hall–Kier alpha value is -1.12. The molecule has 0 bridgehead atoms. The molecule has 0 saturated heterocycles. The molecule has 1 unspecified atom stereocenters. The van der Waals surface area contributed by atoms with E-state index in [2.05, 4.69) is 4.99 Å². The van der Waals surface area contributed by atoms with E-state index in [1.807, 2.05) is 6.92 Å². The molecule has 0 saturated carbocycles. The van der Waals surface area contributed by atoms with Crippen LogP contribution in [0, 0.1) is 0 Å². The molecular formula is C23H19NNa2O8S2. The first-order valence-corrected chi connectivity index (χ1v) is 12.8. The predicted octanol–water partition coefficient (Wildman–Crippen LogP) is -2.95. The summed E-state index contributed by atoms with van der Waals surface area (Å²) in [5.74, 6) is -0.481. The number of carbonyl (C=O) groups excluding carboxylic acids is 1. The molecule has 0 spiro atoms. The van der Waals surface area contributed by atoms with Gasteiger partial charge in [-0.05, 0) is 72.5 Å². The van der Waals surface area contributed by atoms with Crippen LogP contribution in [0.15, 0.2) is 63.3 Å². The number of nitrogens with zero attached hydrogens (tertiary/aromatic N) is 1. The number of fused-ring (bicyclic) bond motifs is 3. The minimum Gasteiger partial charge on any atom is -0.744 e. The van der Waals surface area contributed by atoms with Crippen LogP contribution in [-0.2, 0) is 36.8 Å². The van der Waals surface area contributed by atoms with Gasteiger partial charge in [-0.3, -0.25) is 4.99 Å². The zero-order chi connectivity index (χ0) is 25.1. The van der Waals surface area contributed by atoms with E-state index in [1.54, 1.807) is 37.3 Å². The first-order valence-electron chi connectivity index (χ1n) is 10.0. The summed E-state index contributed by atoms with van der Waals surface area (Å²) in [4.78, 5) is 14.7. The average molecular weight is 548 g/mol. The number of esters is 1. The van der Waals surface area contributed by atoms with Crippen molar-refractivity contribution in [2.45, 2.75) is 35.5 Å². The molecule has 1 heterocycles. The summed E-state index contributed by atoms with van der Waals surface area (Å²) in [5, 5.41) is 0.163. The van der Waals surface area contributed by atoms with Crippen LogP contribution >= 0.6 is 0 Å². The fourth-order valence-corrected chi connectivity index (χ4v) is 5.69. The molecule has 1 atom stereocenters. The molecule has 178 valence electrons. The van der Waals surface area contributed by atoms with Gasteiger partial charge < -0.3 is 13.8 Å². The van der Waals surface area contributed by atoms with E-state index in [0.717, 1.165) is 11.6 Å². The van der Waals surface area contributed by atoms with Gasteiger partial charge in [-0.15, -0.1) is 0 Å². The van der Waals surface area contributed by atoms with Crippen LogP contribution in [0.5, 0.6) is 0 Å². The van der Waals surface area contributed by atoms with Crippen molar-refractivity contribution in [3.63, 3.8) is 0 Å². The van der Waals surface area contributed by atoms with E-state index in [1.165, 1.54) is 13.2 Å². The molecule has 1 aliphatic rings. The molecule has 3 aromatic rings. The van der Waals surface area contributed by atoms with E-state index in [0.29, 0.717) is 35.0 Å². The maximum atomic E-state index is 11.9. The smallest absolute Gasteiger partial charge is 0.744 e. The van der Waals surface area contributed by atoms with Crippen LogP contribution in [0.25, 0.3) is 10.8 Å². The van der Waals surface area contributed by atoms with E-state index in [-0.39, 0.29) is 69.9 Å².